The summed E-state index contributed by atoms with van der Waals surface area (Å²) in [7, 11) is 0. The number of fused-ring (bicyclic) bond motifs is 1. The molecule has 1 heterocycles. The average molecular weight is 376 g/mol. The maximum absolute atomic E-state index is 12.1. The third kappa shape index (κ3) is 5.05. The summed E-state index contributed by atoms with van der Waals surface area (Å²) < 4.78 is 16.9. The van der Waals surface area contributed by atoms with Crippen LogP contribution in [0, 0.1) is 6.92 Å². The molecule has 0 radical (unpaired) electrons. The number of carbonyl (C=O) groups is 1. The molecular formula is C20H22ClNO4. The number of rotatable bonds is 6. The third-order valence-electron chi connectivity index (χ3n) is 3.91. The van der Waals surface area contributed by atoms with Crippen LogP contribution in [0.2, 0.25) is 5.02 Å². The Morgan fingerprint density at radius 3 is 2.92 bits per heavy atom. The van der Waals surface area contributed by atoms with Gasteiger partial charge in [-0.1, -0.05) is 23.7 Å². The van der Waals surface area contributed by atoms with Gasteiger partial charge in [0.1, 0.15) is 12.4 Å². The molecule has 26 heavy (non-hydrogen) atoms. The standard InChI is InChI=1S/C20H22ClNO4/c1-14-4-2-5-16(10-14)24-9-6-22-19(23)13-15-11-17(21)20-18(12-15)25-7-3-8-26-20/h2,4-5,10-12H,3,6-9,13H2,1H3,(H,22,23). The molecule has 6 heteroatoms. The van der Waals surface area contributed by atoms with Crippen LogP contribution in [0.3, 0.4) is 0 Å². The highest BCUT2D eigenvalue weighted by atomic mass is 35.5. The van der Waals surface area contributed by atoms with Gasteiger partial charge in [0.15, 0.2) is 11.5 Å². The second kappa shape index (κ2) is 8.81. The van der Waals surface area contributed by atoms with Crippen molar-refractivity contribution in [2.45, 2.75) is 19.8 Å². The van der Waals surface area contributed by atoms with Gasteiger partial charge in [0.25, 0.3) is 0 Å². The Labute approximate surface area is 158 Å². The van der Waals surface area contributed by atoms with Crippen LogP contribution >= 0.6 is 11.6 Å². The van der Waals surface area contributed by atoms with Crippen molar-refractivity contribution in [3.8, 4) is 17.2 Å². The number of halogens is 1. The first kappa shape index (κ1) is 18.4. The number of nitrogens with one attached hydrogen (secondary N) is 1. The second-order valence-electron chi connectivity index (χ2n) is 6.15. The Morgan fingerprint density at radius 1 is 1.23 bits per heavy atom. The molecule has 0 bridgehead atoms. The molecule has 3 rings (SSSR count). The lowest BCUT2D eigenvalue weighted by Gasteiger charge is -2.12. The normalized spacial score (nSPS) is 13.0. The Bertz CT molecular complexity index is 778. The molecule has 0 atom stereocenters. The highest BCUT2D eigenvalue weighted by molar-refractivity contribution is 6.32. The van der Waals surface area contributed by atoms with Gasteiger partial charge in [-0.2, -0.15) is 0 Å². The van der Waals surface area contributed by atoms with Gasteiger partial charge in [0, 0.05) is 6.42 Å². The van der Waals surface area contributed by atoms with Gasteiger partial charge in [-0.3, -0.25) is 4.79 Å². The molecule has 1 aliphatic heterocycles. The van der Waals surface area contributed by atoms with E-state index in [2.05, 4.69) is 5.32 Å². The number of hydrogen-bond donors (Lipinski definition) is 1. The van der Waals surface area contributed by atoms with Crippen molar-refractivity contribution >= 4 is 17.5 Å². The van der Waals surface area contributed by atoms with E-state index in [1.54, 1.807) is 6.07 Å². The zero-order valence-corrected chi connectivity index (χ0v) is 15.5. The molecule has 1 aliphatic rings. The van der Waals surface area contributed by atoms with E-state index in [1.165, 1.54) is 0 Å². The molecule has 0 saturated carbocycles. The van der Waals surface area contributed by atoms with E-state index in [4.69, 9.17) is 25.8 Å². The smallest absolute Gasteiger partial charge is 0.224 e. The molecule has 1 N–H and O–H groups in total. The van der Waals surface area contributed by atoms with Crippen molar-refractivity contribution in [2.24, 2.45) is 0 Å². The minimum Gasteiger partial charge on any atom is -0.492 e. The van der Waals surface area contributed by atoms with E-state index in [1.807, 2.05) is 37.3 Å². The van der Waals surface area contributed by atoms with Crippen LogP contribution in [0.4, 0.5) is 0 Å². The Kier molecular flexibility index (Phi) is 6.23. The minimum atomic E-state index is -0.0941. The zero-order valence-electron chi connectivity index (χ0n) is 14.7. The summed E-state index contributed by atoms with van der Waals surface area (Å²) in [5, 5.41) is 3.32. The quantitative estimate of drug-likeness (QED) is 0.784. The molecule has 0 spiro atoms. The summed E-state index contributed by atoms with van der Waals surface area (Å²) in [5.74, 6) is 1.86. The molecule has 0 unspecified atom stereocenters. The molecule has 1 amide bonds. The Balaban J connectivity index is 1.49. The molecule has 138 valence electrons. The molecule has 0 aliphatic carbocycles. The molecule has 2 aromatic carbocycles. The van der Waals surface area contributed by atoms with Gasteiger partial charge in [-0.15, -0.1) is 0 Å². The number of amides is 1. The molecule has 0 fully saturated rings. The summed E-state index contributed by atoms with van der Waals surface area (Å²) in [6.07, 6.45) is 1.03. The Morgan fingerprint density at radius 2 is 2.08 bits per heavy atom. The van der Waals surface area contributed by atoms with Gasteiger partial charge in [0.2, 0.25) is 5.91 Å². The first-order chi connectivity index (χ1) is 12.6. The van der Waals surface area contributed by atoms with Crippen molar-refractivity contribution in [2.75, 3.05) is 26.4 Å². The van der Waals surface area contributed by atoms with Gasteiger partial charge >= 0.3 is 0 Å². The van der Waals surface area contributed by atoms with E-state index in [0.29, 0.717) is 42.9 Å². The molecule has 2 aromatic rings. The molecule has 5 nitrogen and oxygen atoms in total. The fraction of sp³-hybridized carbons (Fsp3) is 0.350. The topological polar surface area (TPSA) is 56.8 Å². The molecule has 0 saturated heterocycles. The van der Waals surface area contributed by atoms with E-state index in [-0.39, 0.29) is 12.3 Å². The van der Waals surface area contributed by atoms with Crippen molar-refractivity contribution in [1.82, 2.24) is 5.32 Å². The Hall–Kier alpha value is -2.40. The maximum atomic E-state index is 12.1. The van der Waals surface area contributed by atoms with E-state index < -0.39 is 0 Å². The lowest BCUT2D eigenvalue weighted by Crippen LogP contribution is -2.29. The van der Waals surface area contributed by atoms with Crippen LogP contribution in [0.15, 0.2) is 36.4 Å². The average Bonchev–Trinajstić information content (AvgIpc) is 2.85. The van der Waals surface area contributed by atoms with Crippen LogP contribution in [0.25, 0.3) is 0 Å². The van der Waals surface area contributed by atoms with Gasteiger partial charge in [-0.25, -0.2) is 0 Å². The predicted octanol–water partition coefficient (Wildman–Crippen LogP) is 3.55. The summed E-state index contributed by atoms with van der Waals surface area (Å²) in [5.41, 5.74) is 1.93. The lowest BCUT2D eigenvalue weighted by atomic mass is 10.1. The fourth-order valence-electron chi connectivity index (χ4n) is 2.70. The third-order valence-corrected chi connectivity index (χ3v) is 4.19. The summed E-state index contributed by atoms with van der Waals surface area (Å²) >= 11 is 6.25. The molecule has 0 aromatic heterocycles. The largest absolute Gasteiger partial charge is 0.492 e. The number of aryl methyl sites for hydroxylation is 1. The fourth-order valence-corrected chi connectivity index (χ4v) is 2.99. The summed E-state index contributed by atoms with van der Waals surface area (Å²) in [6, 6.07) is 11.4. The lowest BCUT2D eigenvalue weighted by molar-refractivity contribution is -0.120. The van der Waals surface area contributed by atoms with Crippen LogP contribution < -0.4 is 19.5 Å². The van der Waals surface area contributed by atoms with Crippen molar-refractivity contribution in [3.63, 3.8) is 0 Å². The van der Waals surface area contributed by atoms with Crippen LogP contribution in [0.1, 0.15) is 17.5 Å². The highest BCUT2D eigenvalue weighted by Gasteiger charge is 2.16. The number of hydrogen-bond acceptors (Lipinski definition) is 4. The summed E-state index contributed by atoms with van der Waals surface area (Å²) in [4.78, 5) is 12.1. The van der Waals surface area contributed by atoms with Gasteiger partial charge in [-0.05, 0) is 42.3 Å². The number of benzene rings is 2. The number of ether oxygens (including phenoxy) is 3. The van der Waals surface area contributed by atoms with E-state index in [0.717, 1.165) is 23.3 Å². The van der Waals surface area contributed by atoms with Crippen molar-refractivity contribution in [1.29, 1.82) is 0 Å². The SMILES string of the molecule is Cc1cccc(OCCNC(=O)Cc2cc(Cl)c3c(c2)OCCCO3)c1. The monoisotopic (exact) mass is 375 g/mol. The zero-order chi connectivity index (χ0) is 18.4. The maximum Gasteiger partial charge on any atom is 0.224 e. The van der Waals surface area contributed by atoms with E-state index >= 15 is 0 Å². The van der Waals surface area contributed by atoms with Gasteiger partial charge < -0.3 is 19.5 Å². The van der Waals surface area contributed by atoms with Gasteiger partial charge in [0.05, 0.1) is 31.2 Å². The van der Waals surface area contributed by atoms with Crippen molar-refractivity contribution < 1.29 is 19.0 Å². The van der Waals surface area contributed by atoms with Crippen LogP contribution in [0.5, 0.6) is 17.2 Å². The van der Waals surface area contributed by atoms with Crippen molar-refractivity contribution in [3.05, 3.63) is 52.5 Å². The number of carbonyl (C=O) groups excluding carboxylic acids is 1. The van der Waals surface area contributed by atoms with Crippen LogP contribution in [-0.4, -0.2) is 32.3 Å². The minimum absolute atomic E-state index is 0.0941. The van der Waals surface area contributed by atoms with E-state index in [9.17, 15) is 4.79 Å². The highest BCUT2D eigenvalue weighted by Crippen LogP contribution is 2.38. The predicted molar refractivity (Wildman–Crippen MR) is 100 cm³/mol. The molecular weight excluding hydrogens is 354 g/mol. The van der Waals surface area contributed by atoms with Crippen LogP contribution in [-0.2, 0) is 11.2 Å². The first-order valence-corrected chi connectivity index (χ1v) is 9.04. The summed E-state index contributed by atoms with van der Waals surface area (Å²) in [6.45, 7) is 4.01. The second-order valence-corrected chi connectivity index (χ2v) is 6.55. The first-order valence-electron chi connectivity index (χ1n) is 8.66.